The van der Waals surface area contributed by atoms with Crippen LogP contribution in [0.2, 0.25) is 0 Å². The van der Waals surface area contributed by atoms with Crippen LogP contribution in [0.3, 0.4) is 0 Å². The van der Waals surface area contributed by atoms with Crippen LogP contribution >= 0.6 is 0 Å². The Hall–Kier alpha value is -3.75. The van der Waals surface area contributed by atoms with Gasteiger partial charge in [0.05, 0.1) is 5.56 Å². The minimum absolute atomic E-state index is 0.0373. The summed E-state index contributed by atoms with van der Waals surface area (Å²) in [6.07, 6.45) is 4.26. The molecule has 0 bridgehead atoms. The Kier molecular flexibility index (Phi) is 6.39. The van der Waals surface area contributed by atoms with E-state index in [1.54, 1.807) is 24.4 Å². The maximum Gasteiger partial charge on any atom is 0.255 e. The average molecular weight is 453 g/mol. The zero-order valence-electron chi connectivity index (χ0n) is 18.1. The molecule has 4 rings (SSSR count). The van der Waals surface area contributed by atoms with Gasteiger partial charge in [-0.05, 0) is 42.6 Å². The zero-order chi connectivity index (χ0) is 23.4. The summed E-state index contributed by atoms with van der Waals surface area (Å²) in [6, 6.07) is 10.7. The van der Waals surface area contributed by atoms with Crippen molar-refractivity contribution in [3.8, 4) is 5.69 Å². The minimum Gasteiger partial charge on any atom is -0.390 e. The number of hydrogen-bond acceptors (Lipinski definition) is 4. The van der Waals surface area contributed by atoms with E-state index >= 15 is 0 Å². The molecule has 2 aromatic heterocycles. The van der Waals surface area contributed by atoms with E-state index in [2.05, 4.69) is 22.2 Å². The number of halogens is 2. The van der Waals surface area contributed by atoms with Crippen LogP contribution in [-0.2, 0) is 0 Å². The lowest BCUT2D eigenvalue weighted by Gasteiger charge is -2.31. The summed E-state index contributed by atoms with van der Waals surface area (Å²) in [5.74, 6) is -3.15. The number of alkyl halides is 2. The molecule has 1 aromatic carbocycles. The van der Waals surface area contributed by atoms with Crippen molar-refractivity contribution in [2.45, 2.75) is 18.8 Å². The highest BCUT2D eigenvalue weighted by Crippen LogP contribution is 2.29. The third-order valence-corrected chi connectivity index (χ3v) is 5.66. The minimum atomic E-state index is -2.70. The predicted octanol–water partition coefficient (Wildman–Crippen LogP) is 3.36. The molecular formula is C24H25F2N5O2. The molecule has 1 fully saturated rings. The average Bonchev–Trinajstić information content (AvgIpc) is 3.25. The standard InChI is InChI=1S/C24H25F2N5O2/c1-2-27-10-11-28-22(32)17-3-5-20(6-4-17)31-12-7-18-15-19(16-29-21(18)31)23(33)30-13-8-24(25,26)9-14-30/h2-7,12,15-16,27H,1,8-11,13-14H2,(H,28,32). The molecule has 1 aliphatic rings. The molecule has 0 radical (unpaired) electrons. The Labute approximate surface area is 190 Å². The van der Waals surface area contributed by atoms with Gasteiger partial charge in [-0.25, -0.2) is 13.8 Å². The van der Waals surface area contributed by atoms with Crippen molar-refractivity contribution in [1.82, 2.24) is 25.1 Å². The molecule has 0 unspecified atom stereocenters. The third-order valence-electron chi connectivity index (χ3n) is 5.66. The number of pyridine rings is 1. The van der Waals surface area contributed by atoms with Gasteiger partial charge < -0.3 is 20.1 Å². The molecule has 33 heavy (non-hydrogen) atoms. The Balaban J connectivity index is 1.47. The number of hydrogen-bond donors (Lipinski definition) is 2. The Morgan fingerprint density at radius 1 is 1.09 bits per heavy atom. The maximum atomic E-state index is 13.4. The monoisotopic (exact) mass is 453 g/mol. The van der Waals surface area contributed by atoms with Gasteiger partial charge in [-0.2, -0.15) is 0 Å². The van der Waals surface area contributed by atoms with Crippen molar-refractivity contribution < 1.29 is 18.4 Å². The molecule has 3 aromatic rings. The first-order valence-corrected chi connectivity index (χ1v) is 10.8. The number of nitrogens with zero attached hydrogens (tertiary/aromatic N) is 3. The summed E-state index contributed by atoms with van der Waals surface area (Å²) in [7, 11) is 0. The van der Waals surface area contributed by atoms with Crippen LogP contribution in [0, 0.1) is 0 Å². The fraction of sp³-hybridized carbons (Fsp3) is 0.292. The second-order valence-electron chi connectivity index (χ2n) is 7.93. The van der Waals surface area contributed by atoms with Crippen LogP contribution in [0.5, 0.6) is 0 Å². The van der Waals surface area contributed by atoms with Crippen molar-refractivity contribution in [2.75, 3.05) is 26.2 Å². The second kappa shape index (κ2) is 9.40. The first kappa shape index (κ1) is 22.4. The van der Waals surface area contributed by atoms with Crippen molar-refractivity contribution in [3.63, 3.8) is 0 Å². The van der Waals surface area contributed by atoms with Crippen molar-refractivity contribution in [2.24, 2.45) is 0 Å². The number of aromatic nitrogens is 2. The molecule has 0 aliphatic carbocycles. The van der Waals surface area contributed by atoms with Gasteiger partial charge in [0, 0.05) is 68.1 Å². The highest BCUT2D eigenvalue weighted by molar-refractivity contribution is 5.97. The SMILES string of the molecule is C=CNCCNC(=O)c1ccc(-n2ccc3cc(C(=O)N4CCC(F)(F)CC4)cnc32)cc1. The van der Waals surface area contributed by atoms with Crippen LogP contribution < -0.4 is 10.6 Å². The van der Waals surface area contributed by atoms with Gasteiger partial charge in [0.25, 0.3) is 17.7 Å². The van der Waals surface area contributed by atoms with E-state index in [0.717, 1.165) is 11.1 Å². The Morgan fingerprint density at radius 2 is 1.82 bits per heavy atom. The molecule has 7 nitrogen and oxygen atoms in total. The summed E-state index contributed by atoms with van der Waals surface area (Å²) in [5, 5.41) is 6.50. The number of rotatable bonds is 7. The van der Waals surface area contributed by atoms with E-state index in [9.17, 15) is 18.4 Å². The number of piperidine rings is 1. The largest absolute Gasteiger partial charge is 0.390 e. The fourth-order valence-corrected chi connectivity index (χ4v) is 3.79. The third kappa shape index (κ3) is 5.02. The number of benzene rings is 1. The number of carbonyl (C=O) groups excluding carboxylic acids is 2. The molecule has 0 atom stereocenters. The molecule has 2 amide bonds. The van der Waals surface area contributed by atoms with Crippen LogP contribution in [0.25, 0.3) is 16.7 Å². The van der Waals surface area contributed by atoms with E-state index in [1.165, 1.54) is 11.1 Å². The van der Waals surface area contributed by atoms with Crippen molar-refractivity contribution in [3.05, 3.63) is 72.7 Å². The summed E-state index contributed by atoms with van der Waals surface area (Å²) in [5.41, 5.74) is 2.40. The fourth-order valence-electron chi connectivity index (χ4n) is 3.79. The number of fused-ring (bicyclic) bond motifs is 1. The zero-order valence-corrected chi connectivity index (χ0v) is 18.1. The molecule has 9 heteroatoms. The lowest BCUT2D eigenvalue weighted by molar-refractivity contribution is -0.0494. The van der Waals surface area contributed by atoms with Crippen LogP contribution in [0.1, 0.15) is 33.6 Å². The van der Waals surface area contributed by atoms with Gasteiger partial charge in [-0.15, -0.1) is 0 Å². The van der Waals surface area contributed by atoms with E-state index in [1.807, 2.05) is 29.0 Å². The highest BCUT2D eigenvalue weighted by atomic mass is 19.3. The molecule has 1 saturated heterocycles. The van der Waals surface area contributed by atoms with E-state index in [-0.39, 0.29) is 37.7 Å². The number of carbonyl (C=O) groups is 2. The molecule has 0 spiro atoms. The van der Waals surface area contributed by atoms with Gasteiger partial charge in [0.1, 0.15) is 5.65 Å². The summed E-state index contributed by atoms with van der Waals surface area (Å²) in [6.45, 7) is 4.72. The second-order valence-corrected chi connectivity index (χ2v) is 7.93. The van der Waals surface area contributed by atoms with Gasteiger partial charge in [0.2, 0.25) is 0 Å². The predicted molar refractivity (Wildman–Crippen MR) is 122 cm³/mol. The van der Waals surface area contributed by atoms with Crippen LogP contribution in [0.4, 0.5) is 8.78 Å². The topological polar surface area (TPSA) is 79.3 Å². The molecule has 0 saturated carbocycles. The summed E-state index contributed by atoms with van der Waals surface area (Å²) < 4.78 is 28.6. The quantitative estimate of drug-likeness (QED) is 0.538. The Morgan fingerprint density at radius 3 is 2.52 bits per heavy atom. The molecule has 1 aliphatic heterocycles. The maximum absolute atomic E-state index is 13.4. The normalized spacial score (nSPS) is 15.3. The van der Waals surface area contributed by atoms with E-state index < -0.39 is 5.92 Å². The molecule has 3 heterocycles. The number of nitrogens with one attached hydrogen (secondary N) is 2. The van der Waals surface area contributed by atoms with Gasteiger partial charge in [-0.1, -0.05) is 6.58 Å². The van der Waals surface area contributed by atoms with Crippen molar-refractivity contribution >= 4 is 22.8 Å². The number of amides is 2. The van der Waals surface area contributed by atoms with Crippen LogP contribution in [0.15, 0.2) is 61.6 Å². The summed E-state index contributed by atoms with van der Waals surface area (Å²) >= 11 is 0. The van der Waals surface area contributed by atoms with Gasteiger partial charge in [0.15, 0.2) is 0 Å². The summed E-state index contributed by atoms with van der Waals surface area (Å²) in [4.78, 5) is 30.9. The lowest BCUT2D eigenvalue weighted by Crippen LogP contribution is -2.42. The molecule has 172 valence electrons. The first-order chi connectivity index (χ1) is 15.9. The van der Waals surface area contributed by atoms with Gasteiger partial charge in [-0.3, -0.25) is 9.59 Å². The molecular weight excluding hydrogens is 428 g/mol. The lowest BCUT2D eigenvalue weighted by atomic mass is 10.1. The Bertz CT molecular complexity index is 1160. The van der Waals surface area contributed by atoms with E-state index in [4.69, 9.17) is 0 Å². The van der Waals surface area contributed by atoms with E-state index in [0.29, 0.717) is 29.9 Å². The highest BCUT2D eigenvalue weighted by Gasteiger charge is 2.35. The number of likely N-dealkylation sites (tertiary alicyclic amines) is 1. The first-order valence-electron chi connectivity index (χ1n) is 10.8. The van der Waals surface area contributed by atoms with Gasteiger partial charge >= 0.3 is 0 Å². The molecule has 2 N–H and O–H groups in total. The van der Waals surface area contributed by atoms with Crippen LogP contribution in [-0.4, -0.2) is 58.4 Å². The van der Waals surface area contributed by atoms with Crippen molar-refractivity contribution in [1.29, 1.82) is 0 Å². The smallest absolute Gasteiger partial charge is 0.255 e.